The quantitative estimate of drug-likeness (QED) is 0.550. The molecule has 2 amide bonds. The molecular weight excluding hydrogens is 420 g/mol. The van der Waals surface area contributed by atoms with Crippen LogP contribution in [0.1, 0.15) is 71.3 Å². The largest absolute Gasteiger partial charge is 0.340 e. The number of amides is 2. The van der Waals surface area contributed by atoms with Gasteiger partial charge in [0.25, 0.3) is 0 Å². The number of hydrogen-bond donors (Lipinski definition) is 0. The maximum Gasteiger partial charge on any atom is 0.246 e. The van der Waals surface area contributed by atoms with E-state index in [1.54, 1.807) is 0 Å². The Kier molecular flexibility index (Phi) is 6.21. The lowest BCUT2D eigenvalue weighted by molar-refractivity contribution is -0.164. The van der Waals surface area contributed by atoms with Crippen LogP contribution in [0.3, 0.4) is 0 Å². The zero-order chi connectivity index (χ0) is 23.3. The van der Waals surface area contributed by atoms with Crippen LogP contribution in [0.25, 0.3) is 0 Å². The van der Waals surface area contributed by atoms with Crippen molar-refractivity contribution in [2.45, 2.75) is 77.8 Å². The zero-order valence-electron chi connectivity index (χ0n) is 19.9. The Balaban J connectivity index is 1.51. The zero-order valence-corrected chi connectivity index (χ0v) is 20.7. The van der Waals surface area contributed by atoms with E-state index in [0.29, 0.717) is 5.91 Å². The molecule has 3 aliphatic rings. The molecule has 1 saturated carbocycles. The van der Waals surface area contributed by atoms with Crippen LogP contribution in [0.15, 0.2) is 36.9 Å². The van der Waals surface area contributed by atoms with Gasteiger partial charge in [0.15, 0.2) is 0 Å². The van der Waals surface area contributed by atoms with Crippen molar-refractivity contribution in [1.82, 2.24) is 9.80 Å². The van der Waals surface area contributed by atoms with Gasteiger partial charge in [0.2, 0.25) is 11.8 Å². The first-order valence-corrected chi connectivity index (χ1v) is 12.4. The Morgan fingerprint density at radius 3 is 2.47 bits per heavy atom. The number of halogens is 1. The van der Waals surface area contributed by atoms with Crippen molar-refractivity contribution in [3.63, 3.8) is 0 Å². The SMILES string of the molecule is C=CC(=O)N1C[C@]2(CCN(C(=O)[C@H]3CCC(C)(C)C[C@@H]3c3ccccc3Cl)[C@@H](C)C2)[C@H]1C. The summed E-state index contributed by atoms with van der Waals surface area (Å²) in [6.07, 6.45) is 6.27. The Morgan fingerprint density at radius 2 is 1.84 bits per heavy atom. The highest BCUT2D eigenvalue weighted by Gasteiger charge is 2.55. The molecule has 0 N–H and O–H groups in total. The molecule has 4 nitrogen and oxygen atoms in total. The number of carbonyl (C=O) groups excluding carboxylic acids is 2. The molecule has 0 radical (unpaired) electrons. The monoisotopic (exact) mass is 456 g/mol. The van der Waals surface area contributed by atoms with Crippen molar-refractivity contribution in [3.05, 3.63) is 47.5 Å². The molecule has 2 aliphatic heterocycles. The van der Waals surface area contributed by atoms with Crippen LogP contribution >= 0.6 is 11.6 Å². The first kappa shape index (κ1) is 23.4. The van der Waals surface area contributed by atoms with Gasteiger partial charge in [0.1, 0.15) is 0 Å². The molecule has 0 unspecified atom stereocenters. The van der Waals surface area contributed by atoms with E-state index >= 15 is 0 Å². The number of carbonyl (C=O) groups is 2. The molecule has 5 atom stereocenters. The van der Waals surface area contributed by atoms with E-state index in [-0.39, 0.29) is 40.7 Å². The van der Waals surface area contributed by atoms with Gasteiger partial charge in [-0.1, -0.05) is 50.2 Å². The normalized spacial score (nSPS) is 34.2. The Bertz CT molecular complexity index is 913. The fraction of sp³-hybridized carbons (Fsp3) is 0.630. The summed E-state index contributed by atoms with van der Waals surface area (Å²) in [4.78, 5) is 30.0. The third-order valence-electron chi connectivity index (χ3n) is 8.68. The van der Waals surface area contributed by atoms with Gasteiger partial charge in [-0.05, 0) is 75.0 Å². The van der Waals surface area contributed by atoms with Crippen LogP contribution in [-0.4, -0.2) is 46.8 Å². The standard InChI is InChI=1S/C27H37ClN2O2/c1-6-24(31)30-17-27(19(30)3)13-14-29(18(2)15-27)25(32)21-11-12-26(4,5)16-22(21)20-9-7-8-10-23(20)28/h6-10,18-19,21-22H,1,11-17H2,2-5H3/t18-,19+,21-,22+,27+/m0/s1. The predicted octanol–water partition coefficient (Wildman–Crippen LogP) is 5.66. The average Bonchev–Trinajstić information content (AvgIpc) is 2.76. The van der Waals surface area contributed by atoms with Crippen LogP contribution in [0.2, 0.25) is 5.02 Å². The lowest BCUT2D eigenvalue weighted by Gasteiger charge is -2.60. The van der Waals surface area contributed by atoms with Gasteiger partial charge < -0.3 is 9.80 Å². The highest BCUT2D eigenvalue weighted by Crippen LogP contribution is 2.51. The summed E-state index contributed by atoms with van der Waals surface area (Å²) in [5, 5.41) is 0.772. The lowest BCUT2D eigenvalue weighted by atomic mass is 9.62. The molecule has 174 valence electrons. The van der Waals surface area contributed by atoms with Gasteiger partial charge in [-0.25, -0.2) is 0 Å². The van der Waals surface area contributed by atoms with E-state index in [1.807, 2.05) is 23.1 Å². The topological polar surface area (TPSA) is 40.6 Å². The number of likely N-dealkylation sites (tertiary alicyclic amines) is 2. The van der Waals surface area contributed by atoms with Crippen LogP contribution in [0, 0.1) is 16.7 Å². The van der Waals surface area contributed by atoms with E-state index in [4.69, 9.17) is 11.6 Å². The minimum absolute atomic E-state index is 0.0154. The van der Waals surface area contributed by atoms with Gasteiger partial charge >= 0.3 is 0 Å². The molecule has 2 heterocycles. The highest BCUT2D eigenvalue weighted by molar-refractivity contribution is 6.31. The number of hydrogen-bond acceptors (Lipinski definition) is 2. The van der Waals surface area contributed by atoms with Crippen molar-refractivity contribution < 1.29 is 9.59 Å². The molecule has 1 aromatic rings. The molecule has 1 spiro atoms. The van der Waals surface area contributed by atoms with Gasteiger partial charge in [-0.3, -0.25) is 9.59 Å². The first-order valence-electron chi connectivity index (χ1n) is 12.1. The lowest BCUT2D eigenvalue weighted by Crippen LogP contribution is -2.69. The second kappa shape index (κ2) is 8.52. The summed E-state index contributed by atoms with van der Waals surface area (Å²) in [6.45, 7) is 14.1. The van der Waals surface area contributed by atoms with Crippen LogP contribution in [-0.2, 0) is 9.59 Å². The van der Waals surface area contributed by atoms with Crippen LogP contribution < -0.4 is 0 Å². The average molecular weight is 457 g/mol. The van der Waals surface area contributed by atoms with Crippen LogP contribution in [0.5, 0.6) is 0 Å². The van der Waals surface area contributed by atoms with E-state index in [2.05, 4.69) is 45.2 Å². The first-order chi connectivity index (χ1) is 15.1. The molecular formula is C27H37ClN2O2. The summed E-state index contributed by atoms with van der Waals surface area (Å²) in [6, 6.07) is 8.43. The third-order valence-corrected chi connectivity index (χ3v) is 9.02. The Morgan fingerprint density at radius 1 is 1.12 bits per heavy atom. The molecule has 2 saturated heterocycles. The van der Waals surface area contributed by atoms with Crippen molar-refractivity contribution in [1.29, 1.82) is 0 Å². The van der Waals surface area contributed by atoms with Crippen molar-refractivity contribution in [3.8, 4) is 0 Å². The summed E-state index contributed by atoms with van der Waals surface area (Å²) in [5.74, 6) is 0.448. The molecule has 0 bridgehead atoms. The van der Waals surface area contributed by atoms with Gasteiger partial charge in [-0.2, -0.15) is 0 Å². The summed E-state index contributed by atoms with van der Waals surface area (Å²) in [7, 11) is 0. The Hall–Kier alpha value is -1.81. The van der Waals surface area contributed by atoms with Crippen molar-refractivity contribution >= 4 is 23.4 Å². The van der Waals surface area contributed by atoms with Crippen molar-refractivity contribution in [2.75, 3.05) is 13.1 Å². The minimum atomic E-state index is -0.0166. The number of benzene rings is 1. The molecule has 4 rings (SSSR count). The fourth-order valence-electron chi connectivity index (χ4n) is 6.63. The highest BCUT2D eigenvalue weighted by atomic mass is 35.5. The molecule has 5 heteroatoms. The molecule has 0 aromatic heterocycles. The van der Waals surface area contributed by atoms with Gasteiger partial charge in [-0.15, -0.1) is 0 Å². The van der Waals surface area contributed by atoms with E-state index < -0.39 is 0 Å². The maximum atomic E-state index is 13.9. The number of rotatable bonds is 3. The van der Waals surface area contributed by atoms with Crippen molar-refractivity contribution in [2.24, 2.45) is 16.7 Å². The van der Waals surface area contributed by atoms with E-state index in [9.17, 15) is 9.59 Å². The Labute approximate surface area is 198 Å². The summed E-state index contributed by atoms with van der Waals surface area (Å²) >= 11 is 6.60. The molecule has 1 aromatic carbocycles. The number of piperidine rings is 1. The van der Waals surface area contributed by atoms with Gasteiger partial charge in [0.05, 0.1) is 0 Å². The smallest absolute Gasteiger partial charge is 0.246 e. The van der Waals surface area contributed by atoms with E-state index in [0.717, 1.165) is 55.8 Å². The second-order valence-corrected chi connectivity index (χ2v) is 11.6. The molecule has 32 heavy (non-hydrogen) atoms. The summed E-state index contributed by atoms with van der Waals surface area (Å²) in [5.41, 5.74) is 1.46. The maximum absolute atomic E-state index is 13.9. The molecule has 3 fully saturated rings. The van der Waals surface area contributed by atoms with Gasteiger partial charge in [0, 0.05) is 41.5 Å². The summed E-state index contributed by atoms with van der Waals surface area (Å²) < 4.78 is 0. The fourth-order valence-corrected chi connectivity index (χ4v) is 6.90. The second-order valence-electron chi connectivity index (χ2n) is 11.2. The van der Waals surface area contributed by atoms with E-state index in [1.165, 1.54) is 6.08 Å². The molecule has 1 aliphatic carbocycles. The predicted molar refractivity (Wildman–Crippen MR) is 130 cm³/mol. The minimum Gasteiger partial charge on any atom is -0.340 e. The van der Waals surface area contributed by atoms with Crippen LogP contribution in [0.4, 0.5) is 0 Å². The number of nitrogens with zero attached hydrogens (tertiary/aromatic N) is 2. The third kappa shape index (κ3) is 4.00.